The van der Waals surface area contributed by atoms with E-state index in [1.807, 2.05) is 20.9 Å². The van der Waals surface area contributed by atoms with Gasteiger partial charge >= 0.3 is 0 Å². The van der Waals surface area contributed by atoms with Crippen LogP contribution in [0.15, 0.2) is 33.6 Å². The van der Waals surface area contributed by atoms with E-state index in [2.05, 4.69) is 73.9 Å². The Kier molecular flexibility index (Phi) is 14.7. The van der Waals surface area contributed by atoms with E-state index in [1.54, 1.807) is 38.5 Å². The standard InChI is InChI=1S/C20H31BrNO6PS.C15H28NO5P/c1-12(2)18-14(4)22(5)29(27-18)28-19-13(3)20(26-17(19)11-25-6)30(23,24)16-9-7-15(21)8-10-16;1-9(2)12-10(3)16(5)22(20-12)21-14-13-11(4)19-15(14,7-17-6)8-18-13/h7-10,12-14,17-20H,11H2,1-6H3;9-14H,7-8H2,1-6H3/t13?,14?,17-,18?,19-,20+,29?;10?,11-,12?,13?,14+,15-,22?/m10/s1. The molecule has 1 aromatic carbocycles. The first-order valence-corrected chi connectivity index (χ1v) is 22.7. The minimum atomic E-state index is -3.70. The van der Waals surface area contributed by atoms with E-state index >= 15 is 0 Å². The molecule has 5 aliphatic heterocycles. The van der Waals surface area contributed by atoms with Crippen LogP contribution in [0.1, 0.15) is 55.4 Å². The largest absolute Gasteiger partial charge is 0.382 e. The zero-order valence-corrected chi connectivity index (χ0v) is 36.7. The fourth-order valence-corrected chi connectivity index (χ4v) is 13.5. The second-order valence-electron chi connectivity index (χ2n) is 15.3. The van der Waals surface area contributed by atoms with Crippen LogP contribution >= 0.6 is 33.0 Å². The maximum absolute atomic E-state index is 13.3. The van der Waals surface area contributed by atoms with Gasteiger partial charge in [-0.3, -0.25) is 0 Å². The zero-order chi connectivity index (χ0) is 38.3. The van der Waals surface area contributed by atoms with Crippen LogP contribution in [0, 0.1) is 17.8 Å². The fourth-order valence-electron chi connectivity index (χ4n) is 7.64. The van der Waals surface area contributed by atoms with Crippen molar-refractivity contribution in [1.29, 1.82) is 0 Å². The molecule has 1 aromatic rings. The monoisotopic (exact) mass is 856 g/mol. The highest BCUT2D eigenvalue weighted by molar-refractivity contribution is 9.10. The summed E-state index contributed by atoms with van der Waals surface area (Å²) < 4.78 is 85.6. The molecule has 13 nitrogen and oxygen atoms in total. The number of ether oxygens (including phenoxy) is 5. The van der Waals surface area contributed by atoms with Gasteiger partial charge in [-0.2, -0.15) is 0 Å². The molecule has 5 fully saturated rings. The van der Waals surface area contributed by atoms with Crippen LogP contribution in [-0.4, -0.2) is 132 Å². The number of rotatable bonds is 12. The topological polar surface area (TPSA) is 124 Å². The molecule has 17 heteroatoms. The van der Waals surface area contributed by atoms with Crippen molar-refractivity contribution in [3.8, 4) is 0 Å². The molecule has 6 rings (SSSR count). The lowest BCUT2D eigenvalue weighted by Gasteiger charge is -2.31. The van der Waals surface area contributed by atoms with E-state index in [0.29, 0.717) is 31.1 Å². The van der Waals surface area contributed by atoms with E-state index in [9.17, 15) is 8.42 Å². The number of hydrogen-bond acceptors (Lipinski definition) is 13. The first kappa shape index (κ1) is 43.2. The second-order valence-corrected chi connectivity index (χ2v) is 21.3. The molecule has 0 radical (unpaired) electrons. The summed E-state index contributed by atoms with van der Waals surface area (Å²) in [6.45, 7) is 18.1. The van der Waals surface area contributed by atoms with Crippen LogP contribution in [0.3, 0.4) is 0 Å². The minimum Gasteiger partial charge on any atom is -0.382 e. The summed E-state index contributed by atoms with van der Waals surface area (Å²) in [5.74, 6) is 0.441. The van der Waals surface area contributed by atoms with Crippen molar-refractivity contribution < 1.29 is 50.2 Å². The van der Waals surface area contributed by atoms with Crippen molar-refractivity contribution in [1.82, 2.24) is 9.34 Å². The van der Waals surface area contributed by atoms with Gasteiger partial charge < -0.3 is 41.8 Å². The lowest BCUT2D eigenvalue weighted by atomic mass is 10.00. The van der Waals surface area contributed by atoms with E-state index in [0.717, 1.165) is 4.47 Å². The van der Waals surface area contributed by atoms with Gasteiger partial charge in [0.25, 0.3) is 17.1 Å². The summed E-state index contributed by atoms with van der Waals surface area (Å²) in [6.07, 6.45) is -0.818. The fraction of sp³-hybridized carbons (Fsp3) is 0.829. The van der Waals surface area contributed by atoms with Crippen molar-refractivity contribution in [2.75, 3.05) is 48.1 Å². The van der Waals surface area contributed by atoms with E-state index in [4.69, 9.17) is 41.8 Å². The normalized spacial score (nSPS) is 41.0. The number of hydrogen-bond donors (Lipinski definition) is 0. The second kappa shape index (κ2) is 17.7. The molecular weight excluding hydrogens is 798 g/mol. The SMILES string of the molecule is COC[C@@]12COC([C@H](C)O1)[C@H]2OP1OC(C(C)C)C(C)N1C.COC[C@H]1O[C@@H](S(=O)(=O)c2ccc(Br)cc2)C(C)[C@H]1OP1OC(C(C)C)C(C)N1C. The van der Waals surface area contributed by atoms with Gasteiger partial charge in [-0.25, -0.2) is 17.8 Å². The van der Waals surface area contributed by atoms with Gasteiger partial charge in [0.1, 0.15) is 30.0 Å². The lowest BCUT2D eigenvalue weighted by molar-refractivity contribution is -0.158. The summed E-state index contributed by atoms with van der Waals surface area (Å²) in [5.41, 5.74) is -1.50. The molecule has 0 N–H and O–H groups in total. The Bertz CT molecular complexity index is 1430. The predicted molar refractivity (Wildman–Crippen MR) is 203 cm³/mol. The van der Waals surface area contributed by atoms with Crippen LogP contribution in [-0.2, 0) is 51.6 Å². The van der Waals surface area contributed by atoms with E-state index in [-0.39, 0.29) is 54.0 Å². The van der Waals surface area contributed by atoms with Gasteiger partial charge in [0, 0.05) is 36.7 Å². The Hall–Kier alpha value is 0.0700. The Labute approximate surface area is 321 Å². The molecule has 298 valence electrons. The zero-order valence-electron chi connectivity index (χ0n) is 32.5. The third-order valence-electron chi connectivity index (χ3n) is 10.8. The quantitative estimate of drug-likeness (QED) is 0.216. The van der Waals surface area contributed by atoms with Crippen molar-refractivity contribution in [2.45, 2.75) is 126 Å². The van der Waals surface area contributed by atoms with Gasteiger partial charge in [0.15, 0.2) is 5.44 Å². The van der Waals surface area contributed by atoms with Crippen molar-refractivity contribution >= 4 is 42.8 Å². The van der Waals surface area contributed by atoms with Crippen LogP contribution in [0.25, 0.3) is 0 Å². The van der Waals surface area contributed by atoms with Crippen molar-refractivity contribution in [3.63, 3.8) is 0 Å². The number of methoxy groups -OCH3 is 2. The van der Waals surface area contributed by atoms with Crippen molar-refractivity contribution in [3.05, 3.63) is 28.7 Å². The Morgan fingerprint density at radius 3 is 1.94 bits per heavy atom. The highest BCUT2D eigenvalue weighted by Gasteiger charge is 2.63. The molecule has 0 spiro atoms. The molecule has 2 bridgehead atoms. The molecule has 0 aliphatic carbocycles. The first-order valence-electron chi connectivity index (χ1n) is 18.1. The maximum Gasteiger partial charge on any atom is 0.259 e. The lowest BCUT2D eigenvalue weighted by Crippen LogP contribution is -2.45. The third kappa shape index (κ3) is 8.65. The minimum absolute atomic E-state index is 0.0233. The average Bonchev–Trinajstić information content (AvgIpc) is 3.83. The highest BCUT2D eigenvalue weighted by atomic mass is 79.9. The van der Waals surface area contributed by atoms with Gasteiger partial charge in [0.2, 0.25) is 9.84 Å². The Balaban J connectivity index is 0.000000210. The number of sulfone groups is 1. The molecule has 14 atom stereocenters. The van der Waals surface area contributed by atoms with Gasteiger partial charge in [-0.1, -0.05) is 50.5 Å². The molecule has 5 aliphatic rings. The summed E-state index contributed by atoms with van der Waals surface area (Å²) in [7, 11) is 1.23. The van der Waals surface area contributed by atoms with Crippen molar-refractivity contribution in [2.24, 2.45) is 17.8 Å². The molecule has 5 heterocycles. The number of halogens is 1. The van der Waals surface area contributed by atoms with Gasteiger partial charge in [0.05, 0.1) is 43.0 Å². The smallest absolute Gasteiger partial charge is 0.259 e. The first-order chi connectivity index (χ1) is 24.5. The van der Waals surface area contributed by atoms with Crippen LogP contribution in [0.4, 0.5) is 0 Å². The predicted octanol–water partition coefficient (Wildman–Crippen LogP) is 6.39. The molecular formula is C35H59BrN2O11P2S. The molecule has 0 aromatic heterocycles. The molecule has 0 saturated carbocycles. The Morgan fingerprint density at radius 2 is 1.46 bits per heavy atom. The molecule has 0 amide bonds. The van der Waals surface area contributed by atoms with E-state index < -0.39 is 50.1 Å². The highest BCUT2D eigenvalue weighted by Crippen LogP contribution is 2.58. The summed E-state index contributed by atoms with van der Waals surface area (Å²) >= 11 is 3.34. The average molecular weight is 858 g/mol. The number of likely N-dealkylation sites (N-methyl/N-ethyl adjacent to an activating group) is 2. The summed E-state index contributed by atoms with van der Waals surface area (Å²) in [4.78, 5) is 0.229. The maximum atomic E-state index is 13.3. The molecule has 5 saturated heterocycles. The Morgan fingerprint density at radius 1 is 0.904 bits per heavy atom. The number of fused-ring (bicyclic) bond motifs is 2. The number of benzene rings is 1. The van der Waals surface area contributed by atoms with Gasteiger partial charge in [-0.15, -0.1) is 0 Å². The van der Waals surface area contributed by atoms with E-state index in [1.165, 1.54) is 0 Å². The summed E-state index contributed by atoms with van der Waals surface area (Å²) in [6, 6.07) is 7.17. The molecule has 8 unspecified atom stereocenters. The number of nitrogens with zero attached hydrogens (tertiary/aromatic N) is 2. The molecule has 52 heavy (non-hydrogen) atoms. The third-order valence-corrected chi connectivity index (χ3v) is 16.9. The van der Waals surface area contributed by atoms with Gasteiger partial charge in [-0.05, 0) is 71.0 Å². The van der Waals surface area contributed by atoms with Crippen LogP contribution < -0.4 is 0 Å². The summed E-state index contributed by atoms with van der Waals surface area (Å²) in [5, 5.41) is 0. The van der Waals surface area contributed by atoms with Crippen LogP contribution in [0.5, 0.6) is 0 Å². The van der Waals surface area contributed by atoms with Crippen LogP contribution in [0.2, 0.25) is 0 Å².